The first-order valence-corrected chi connectivity index (χ1v) is 10.7. The summed E-state index contributed by atoms with van der Waals surface area (Å²) < 4.78 is 45.3. The summed E-state index contributed by atoms with van der Waals surface area (Å²) in [7, 11) is -5.34. The zero-order chi connectivity index (χ0) is 23.0. The fourth-order valence-electron chi connectivity index (χ4n) is 3.64. The lowest BCUT2D eigenvalue weighted by Gasteiger charge is -2.38. The lowest BCUT2D eigenvalue weighted by atomic mass is 9.94. The molecule has 0 bridgehead atoms. The SMILES string of the molecule is Cc1c(OS(=O)(=O)F)c(C)c(N2CCN(C(=O)OC(C)(C)C)CC2)c(C)c1C(=O)O. The van der Waals surface area contributed by atoms with Crippen molar-refractivity contribution in [1.29, 1.82) is 0 Å². The molecule has 9 nitrogen and oxygen atoms in total. The molecule has 0 radical (unpaired) electrons. The Morgan fingerprint density at radius 3 is 1.97 bits per heavy atom. The first kappa shape index (κ1) is 23.7. The summed E-state index contributed by atoms with van der Waals surface area (Å²) in [5.41, 5.74) is 0.409. The number of carboxylic acids is 1. The molecule has 168 valence electrons. The van der Waals surface area contributed by atoms with Crippen LogP contribution >= 0.6 is 0 Å². The molecule has 1 aliphatic rings. The van der Waals surface area contributed by atoms with E-state index in [4.69, 9.17) is 4.74 Å². The fourth-order valence-corrected chi connectivity index (χ4v) is 4.09. The fraction of sp³-hybridized carbons (Fsp3) is 0.579. The van der Waals surface area contributed by atoms with Crippen LogP contribution < -0.4 is 9.08 Å². The molecule has 2 rings (SSSR count). The number of amides is 1. The van der Waals surface area contributed by atoms with Crippen molar-refractivity contribution in [2.75, 3.05) is 31.1 Å². The average Bonchev–Trinajstić information content (AvgIpc) is 2.56. The van der Waals surface area contributed by atoms with E-state index in [9.17, 15) is 27.0 Å². The van der Waals surface area contributed by atoms with Crippen LogP contribution in [0.2, 0.25) is 0 Å². The molecule has 0 spiro atoms. The molecule has 1 aromatic carbocycles. The van der Waals surface area contributed by atoms with Gasteiger partial charge in [-0.05, 0) is 47.1 Å². The average molecular weight is 446 g/mol. The Hall–Kier alpha value is -2.56. The maximum absolute atomic E-state index is 13.2. The molecule has 1 heterocycles. The van der Waals surface area contributed by atoms with Gasteiger partial charge in [0.05, 0.1) is 5.56 Å². The minimum Gasteiger partial charge on any atom is -0.478 e. The van der Waals surface area contributed by atoms with E-state index in [1.807, 2.05) is 4.90 Å². The number of anilines is 1. The number of carbonyl (C=O) groups excluding carboxylic acids is 1. The first-order chi connectivity index (χ1) is 13.6. The van der Waals surface area contributed by atoms with Crippen molar-refractivity contribution < 1.29 is 35.9 Å². The second-order valence-electron chi connectivity index (χ2n) is 8.16. The predicted octanol–water partition coefficient (Wildman–Crippen LogP) is 2.96. The summed E-state index contributed by atoms with van der Waals surface area (Å²) >= 11 is 0. The number of carboxylic acid groups (broad SMARTS) is 1. The van der Waals surface area contributed by atoms with Gasteiger partial charge in [0.25, 0.3) is 0 Å². The Morgan fingerprint density at radius 1 is 1.00 bits per heavy atom. The van der Waals surface area contributed by atoms with E-state index >= 15 is 0 Å². The van der Waals surface area contributed by atoms with Crippen LogP contribution in [-0.4, -0.2) is 62.3 Å². The van der Waals surface area contributed by atoms with Crippen molar-refractivity contribution in [1.82, 2.24) is 4.90 Å². The van der Waals surface area contributed by atoms with E-state index in [0.29, 0.717) is 43.0 Å². The molecule has 0 aliphatic carbocycles. The monoisotopic (exact) mass is 446 g/mol. The Balaban J connectivity index is 2.41. The molecule has 11 heteroatoms. The molecule has 1 N–H and O–H groups in total. The number of aromatic carboxylic acids is 1. The second kappa shape index (κ2) is 8.29. The van der Waals surface area contributed by atoms with Gasteiger partial charge in [0.1, 0.15) is 5.60 Å². The molecular weight excluding hydrogens is 419 g/mol. The van der Waals surface area contributed by atoms with E-state index in [2.05, 4.69) is 4.18 Å². The molecule has 0 atom stereocenters. The number of halogens is 1. The van der Waals surface area contributed by atoms with Crippen LogP contribution in [0.15, 0.2) is 0 Å². The van der Waals surface area contributed by atoms with Gasteiger partial charge in [0.2, 0.25) is 0 Å². The molecule has 1 fully saturated rings. The van der Waals surface area contributed by atoms with Gasteiger partial charge in [-0.3, -0.25) is 0 Å². The third kappa shape index (κ3) is 5.32. The molecule has 0 saturated carbocycles. The van der Waals surface area contributed by atoms with Crippen LogP contribution in [-0.2, 0) is 15.2 Å². The Morgan fingerprint density at radius 2 is 1.53 bits per heavy atom. The minimum absolute atomic E-state index is 0.0230. The zero-order valence-corrected chi connectivity index (χ0v) is 18.7. The minimum atomic E-state index is -5.34. The van der Waals surface area contributed by atoms with Gasteiger partial charge in [0, 0.05) is 43.0 Å². The van der Waals surface area contributed by atoms with Crippen molar-refractivity contribution in [3.63, 3.8) is 0 Å². The van der Waals surface area contributed by atoms with Gasteiger partial charge >= 0.3 is 22.6 Å². The van der Waals surface area contributed by atoms with Crippen LogP contribution in [0.3, 0.4) is 0 Å². The lowest BCUT2D eigenvalue weighted by Crippen LogP contribution is -2.50. The molecule has 1 aliphatic heterocycles. The highest BCUT2D eigenvalue weighted by molar-refractivity contribution is 7.81. The van der Waals surface area contributed by atoms with E-state index in [1.54, 1.807) is 39.5 Å². The quantitative estimate of drug-likeness (QED) is 0.703. The Labute approximate surface area is 175 Å². The number of carbonyl (C=O) groups is 2. The molecular formula is C19H27FN2O7S. The molecule has 1 amide bonds. The summed E-state index contributed by atoms with van der Waals surface area (Å²) in [5.74, 6) is -1.62. The van der Waals surface area contributed by atoms with Gasteiger partial charge in [-0.2, -0.15) is 8.42 Å². The van der Waals surface area contributed by atoms with E-state index in [0.717, 1.165) is 0 Å². The van der Waals surface area contributed by atoms with Gasteiger partial charge in [-0.1, -0.05) is 3.89 Å². The van der Waals surface area contributed by atoms with Crippen molar-refractivity contribution in [3.05, 3.63) is 22.3 Å². The normalized spacial score (nSPS) is 15.2. The van der Waals surface area contributed by atoms with Gasteiger partial charge in [-0.15, -0.1) is 0 Å². The van der Waals surface area contributed by atoms with Crippen LogP contribution in [0.4, 0.5) is 14.4 Å². The highest BCUT2D eigenvalue weighted by Gasteiger charge is 2.31. The molecule has 1 aromatic rings. The van der Waals surface area contributed by atoms with Gasteiger partial charge in [0.15, 0.2) is 5.75 Å². The molecule has 0 aromatic heterocycles. The summed E-state index contributed by atoms with van der Waals surface area (Å²) in [5, 5.41) is 9.62. The number of piperazine rings is 1. The number of hydrogen-bond acceptors (Lipinski definition) is 7. The summed E-state index contributed by atoms with van der Waals surface area (Å²) in [6.45, 7) is 11.2. The maximum atomic E-state index is 13.2. The molecule has 0 unspecified atom stereocenters. The summed E-state index contributed by atoms with van der Waals surface area (Å²) in [6, 6.07) is 0. The van der Waals surface area contributed by atoms with E-state index < -0.39 is 28.2 Å². The van der Waals surface area contributed by atoms with E-state index in [1.165, 1.54) is 6.92 Å². The Kier molecular flexibility index (Phi) is 6.55. The third-order valence-corrected chi connectivity index (χ3v) is 5.15. The summed E-state index contributed by atoms with van der Waals surface area (Å²) in [6.07, 6.45) is -0.446. The maximum Gasteiger partial charge on any atom is 0.488 e. The third-order valence-electron chi connectivity index (χ3n) is 4.79. The van der Waals surface area contributed by atoms with E-state index in [-0.39, 0.29) is 16.9 Å². The van der Waals surface area contributed by atoms with Crippen LogP contribution in [0.1, 0.15) is 47.8 Å². The number of nitrogens with zero attached hydrogens (tertiary/aromatic N) is 2. The van der Waals surface area contributed by atoms with Crippen molar-refractivity contribution >= 4 is 28.3 Å². The second-order valence-corrected chi connectivity index (χ2v) is 9.12. The predicted molar refractivity (Wildman–Crippen MR) is 108 cm³/mol. The standard InChI is InChI=1S/C19H27FN2O7S/c1-11-14(17(23)24)12(2)16(29-30(20,26)27)13(3)15(11)21-7-9-22(10-8-21)18(25)28-19(4,5)6/h7-10H2,1-6H3,(H,23,24). The first-order valence-electron chi connectivity index (χ1n) is 9.36. The molecule has 1 saturated heterocycles. The van der Waals surface area contributed by atoms with Gasteiger partial charge < -0.3 is 23.8 Å². The van der Waals surface area contributed by atoms with Crippen LogP contribution in [0.5, 0.6) is 5.75 Å². The smallest absolute Gasteiger partial charge is 0.478 e. The zero-order valence-electron chi connectivity index (χ0n) is 17.9. The topological polar surface area (TPSA) is 113 Å². The summed E-state index contributed by atoms with van der Waals surface area (Å²) in [4.78, 5) is 27.4. The molecule has 30 heavy (non-hydrogen) atoms. The highest BCUT2D eigenvalue weighted by Crippen LogP contribution is 2.39. The van der Waals surface area contributed by atoms with Crippen molar-refractivity contribution in [2.24, 2.45) is 0 Å². The number of hydrogen-bond donors (Lipinski definition) is 1. The van der Waals surface area contributed by atoms with Crippen LogP contribution in [0, 0.1) is 20.8 Å². The highest BCUT2D eigenvalue weighted by atomic mass is 32.3. The Bertz CT molecular complexity index is 962. The van der Waals surface area contributed by atoms with Crippen molar-refractivity contribution in [3.8, 4) is 5.75 Å². The number of benzene rings is 1. The lowest BCUT2D eigenvalue weighted by molar-refractivity contribution is 0.0240. The number of ether oxygens (including phenoxy) is 1. The van der Waals surface area contributed by atoms with Crippen molar-refractivity contribution in [2.45, 2.75) is 47.1 Å². The largest absolute Gasteiger partial charge is 0.488 e. The van der Waals surface area contributed by atoms with Gasteiger partial charge in [-0.25, -0.2) is 9.59 Å². The van der Waals surface area contributed by atoms with Crippen LogP contribution in [0.25, 0.3) is 0 Å². The number of rotatable bonds is 4.